The van der Waals surface area contributed by atoms with Crippen molar-refractivity contribution in [3.63, 3.8) is 0 Å². The second-order valence-corrected chi connectivity index (χ2v) is 3.38. The van der Waals surface area contributed by atoms with Crippen LogP contribution in [0, 0.1) is 0 Å². The lowest BCUT2D eigenvalue weighted by Gasteiger charge is -2.07. The number of rotatable bonds is 3. The van der Waals surface area contributed by atoms with Gasteiger partial charge in [0.2, 0.25) is 0 Å². The largest absolute Gasteiger partial charge is 0.478 e. The lowest BCUT2D eigenvalue weighted by molar-refractivity contribution is -0.131. The SMILES string of the molecule is C/C(=C/C(=O)O)Oc1cccc2nccnc12. The Labute approximate surface area is 97.4 Å². The smallest absolute Gasteiger partial charge is 0.331 e. The number of para-hydroxylation sites is 1. The average Bonchev–Trinajstić information content (AvgIpc) is 2.28. The second-order valence-electron chi connectivity index (χ2n) is 3.38. The molecular weight excluding hydrogens is 220 g/mol. The van der Waals surface area contributed by atoms with Crippen molar-refractivity contribution < 1.29 is 14.6 Å². The molecule has 2 rings (SSSR count). The van der Waals surface area contributed by atoms with Crippen molar-refractivity contribution in [3.8, 4) is 5.75 Å². The first kappa shape index (κ1) is 11.1. The Bertz CT molecular complexity index is 588. The second kappa shape index (κ2) is 4.61. The van der Waals surface area contributed by atoms with Crippen molar-refractivity contribution in [1.82, 2.24) is 9.97 Å². The van der Waals surface area contributed by atoms with Crippen LogP contribution in [-0.2, 0) is 4.79 Å². The molecule has 0 unspecified atom stereocenters. The highest BCUT2D eigenvalue weighted by molar-refractivity contribution is 5.82. The summed E-state index contributed by atoms with van der Waals surface area (Å²) in [5, 5.41) is 8.59. The number of hydrogen-bond acceptors (Lipinski definition) is 4. The third-order valence-electron chi connectivity index (χ3n) is 2.06. The number of carboxylic acids is 1. The molecule has 0 saturated carbocycles. The van der Waals surface area contributed by atoms with Gasteiger partial charge in [0.25, 0.3) is 0 Å². The van der Waals surface area contributed by atoms with Crippen LogP contribution >= 0.6 is 0 Å². The minimum atomic E-state index is -1.05. The summed E-state index contributed by atoms with van der Waals surface area (Å²) in [5.74, 6) is -0.268. The molecule has 1 heterocycles. The molecule has 1 aromatic heterocycles. The van der Waals surface area contributed by atoms with E-state index in [9.17, 15) is 4.79 Å². The maximum Gasteiger partial charge on any atom is 0.331 e. The summed E-state index contributed by atoms with van der Waals surface area (Å²) < 4.78 is 5.42. The minimum absolute atomic E-state index is 0.288. The molecular formula is C12H10N2O3. The number of ether oxygens (including phenoxy) is 1. The molecule has 1 aromatic carbocycles. The van der Waals surface area contributed by atoms with Crippen LogP contribution in [0.3, 0.4) is 0 Å². The van der Waals surface area contributed by atoms with E-state index in [0.717, 1.165) is 6.08 Å². The molecule has 86 valence electrons. The van der Waals surface area contributed by atoms with Crippen molar-refractivity contribution >= 4 is 17.0 Å². The van der Waals surface area contributed by atoms with Crippen LogP contribution in [0.2, 0.25) is 0 Å². The van der Waals surface area contributed by atoms with E-state index < -0.39 is 5.97 Å². The molecule has 0 aliphatic rings. The van der Waals surface area contributed by atoms with E-state index in [1.54, 1.807) is 31.5 Å². The Morgan fingerprint density at radius 3 is 2.88 bits per heavy atom. The molecule has 5 heteroatoms. The number of aromatic nitrogens is 2. The van der Waals surface area contributed by atoms with Gasteiger partial charge >= 0.3 is 5.97 Å². The Morgan fingerprint density at radius 2 is 2.12 bits per heavy atom. The zero-order valence-corrected chi connectivity index (χ0v) is 9.12. The van der Waals surface area contributed by atoms with Gasteiger partial charge in [-0.25, -0.2) is 9.78 Å². The van der Waals surface area contributed by atoms with Crippen molar-refractivity contribution in [2.75, 3.05) is 0 Å². The summed E-state index contributed by atoms with van der Waals surface area (Å²) >= 11 is 0. The number of hydrogen-bond donors (Lipinski definition) is 1. The fourth-order valence-electron chi connectivity index (χ4n) is 1.43. The first-order valence-corrected chi connectivity index (χ1v) is 4.95. The van der Waals surface area contributed by atoms with Crippen LogP contribution in [0.4, 0.5) is 0 Å². The van der Waals surface area contributed by atoms with Gasteiger partial charge in [0.1, 0.15) is 11.3 Å². The molecule has 0 fully saturated rings. The molecule has 0 aliphatic carbocycles. The van der Waals surface area contributed by atoms with Crippen LogP contribution in [0.25, 0.3) is 11.0 Å². The molecule has 0 atom stereocenters. The maximum absolute atomic E-state index is 10.5. The number of fused-ring (bicyclic) bond motifs is 1. The lowest BCUT2D eigenvalue weighted by Crippen LogP contribution is -1.97. The van der Waals surface area contributed by atoms with Gasteiger partial charge in [-0.3, -0.25) is 4.98 Å². The molecule has 0 bridgehead atoms. The summed E-state index contributed by atoms with van der Waals surface area (Å²) in [6.45, 7) is 1.57. The lowest BCUT2D eigenvalue weighted by atomic mass is 10.3. The van der Waals surface area contributed by atoms with E-state index in [4.69, 9.17) is 9.84 Å². The zero-order chi connectivity index (χ0) is 12.3. The molecule has 0 spiro atoms. The van der Waals surface area contributed by atoms with Gasteiger partial charge in [0.05, 0.1) is 11.6 Å². The Hall–Kier alpha value is -2.43. The predicted octanol–water partition coefficient (Wildman–Crippen LogP) is 2.00. The van der Waals surface area contributed by atoms with E-state index >= 15 is 0 Å². The normalized spacial score (nSPS) is 11.5. The summed E-state index contributed by atoms with van der Waals surface area (Å²) in [4.78, 5) is 18.8. The number of nitrogens with zero attached hydrogens (tertiary/aromatic N) is 2. The van der Waals surface area contributed by atoms with E-state index in [0.29, 0.717) is 16.8 Å². The number of carboxylic acid groups (broad SMARTS) is 1. The summed E-state index contributed by atoms with van der Waals surface area (Å²) in [6, 6.07) is 5.31. The van der Waals surface area contributed by atoms with Gasteiger partial charge in [-0.2, -0.15) is 0 Å². The third kappa shape index (κ3) is 2.57. The standard InChI is InChI=1S/C12H10N2O3/c1-8(7-11(15)16)17-10-4-2-3-9-12(10)14-6-5-13-9/h2-7H,1H3,(H,15,16)/b8-7-. The maximum atomic E-state index is 10.5. The highest BCUT2D eigenvalue weighted by Crippen LogP contribution is 2.23. The van der Waals surface area contributed by atoms with Gasteiger partial charge in [0, 0.05) is 12.4 Å². The van der Waals surface area contributed by atoms with Gasteiger partial charge in [-0.1, -0.05) is 6.07 Å². The van der Waals surface area contributed by atoms with Crippen LogP contribution in [-0.4, -0.2) is 21.0 Å². The van der Waals surface area contributed by atoms with Crippen LogP contribution in [0.5, 0.6) is 5.75 Å². The average molecular weight is 230 g/mol. The number of allylic oxidation sites excluding steroid dienone is 1. The van der Waals surface area contributed by atoms with Crippen molar-refractivity contribution in [1.29, 1.82) is 0 Å². The van der Waals surface area contributed by atoms with Crippen molar-refractivity contribution in [2.45, 2.75) is 6.92 Å². The molecule has 0 aliphatic heterocycles. The number of carbonyl (C=O) groups is 1. The summed E-state index contributed by atoms with van der Waals surface area (Å²) in [6.07, 6.45) is 4.15. The fourth-order valence-corrected chi connectivity index (χ4v) is 1.43. The zero-order valence-electron chi connectivity index (χ0n) is 9.12. The quantitative estimate of drug-likeness (QED) is 0.644. The van der Waals surface area contributed by atoms with E-state index in [1.807, 2.05) is 6.07 Å². The summed E-state index contributed by atoms with van der Waals surface area (Å²) in [7, 11) is 0. The van der Waals surface area contributed by atoms with Crippen LogP contribution < -0.4 is 4.74 Å². The molecule has 0 radical (unpaired) electrons. The predicted molar refractivity (Wildman–Crippen MR) is 61.6 cm³/mol. The van der Waals surface area contributed by atoms with E-state index in [-0.39, 0.29) is 5.76 Å². The Morgan fingerprint density at radius 1 is 1.35 bits per heavy atom. The first-order chi connectivity index (χ1) is 8.16. The Kier molecular flexibility index (Phi) is 3.00. The molecule has 1 N–H and O–H groups in total. The van der Waals surface area contributed by atoms with Crippen LogP contribution in [0.15, 0.2) is 42.4 Å². The third-order valence-corrected chi connectivity index (χ3v) is 2.06. The van der Waals surface area contributed by atoms with Crippen molar-refractivity contribution in [2.24, 2.45) is 0 Å². The highest BCUT2D eigenvalue weighted by Gasteiger charge is 2.05. The molecule has 2 aromatic rings. The van der Waals surface area contributed by atoms with Gasteiger partial charge in [-0.15, -0.1) is 0 Å². The number of aliphatic carboxylic acids is 1. The molecule has 5 nitrogen and oxygen atoms in total. The first-order valence-electron chi connectivity index (χ1n) is 4.95. The van der Waals surface area contributed by atoms with Gasteiger partial charge < -0.3 is 9.84 Å². The molecule has 17 heavy (non-hydrogen) atoms. The monoisotopic (exact) mass is 230 g/mol. The van der Waals surface area contributed by atoms with E-state index in [2.05, 4.69) is 9.97 Å². The molecule has 0 saturated heterocycles. The fraction of sp³-hybridized carbons (Fsp3) is 0.0833. The van der Waals surface area contributed by atoms with Gasteiger partial charge in [-0.05, 0) is 19.1 Å². The van der Waals surface area contributed by atoms with Gasteiger partial charge in [0.15, 0.2) is 5.75 Å². The van der Waals surface area contributed by atoms with E-state index in [1.165, 1.54) is 0 Å². The number of benzene rings is 1. The highest BCUT2D eigenvalue weighted by atomic mass is 16.5. The Balaban J connectivity index is 2.39. The molecule has 0 amide bonds. The van der Waals surface area contributed by atoms with Crippen LogP contribution in [0.1, 0.15) is 6.92 Å². The topological polar surface area (TPSA) is 72.3 Å². The minimum Gasteiger partial charge on any atom is -0.478 e. The van der Waals surface area contributed by atoms with Crippen molar-refractivity contribution in [3.05, 3.63) is 42.4 Å². The summed E-state index contributed by atoms with van der Waals surface area (Å²) in [5.41, 5.74) is 1.31.